The van der Waals surface area contributed by atoms with Crippen LogP contribution < -0.4 is 15.6 Å². The van der Waals surface area contributed by atoms with Crippen LogP contribution in [-0.4, -0.2) is 18.5 Å². The van der Waals surface area contributed by atoms with Crippen molar-refractivity contribution in [3.63, 3.8) is 0 Å². The quantitative estimate of drug-likeness (QED) is 0.296. The van der Waals surface area contributed by atoms with Crippen LogP contribution in [0.25, 0.3) is 0 Å². The van der Waals surface area contributed by atoms with E-state index in [0.717, 1.165) is 23.9 Å². The molecule has 0 spiro atoms. The summed E-state index contributed by atoms with van der Waals surface area (Å²) in [5.74, 6) is 0.717. The Kier molecular flexibility index (Phi) is 11.3. The smallest absolute Gasteiger partial charge is 0.165 e. The molecular formula is C19H32BrFN2O. The van der Waals surface area contributed by atoms with Crippen LogP contribution in [-0.2, 0) is 0 Å². The molecule has 24 heavy (non-hydrogen) atoms. The molecule has 3 nitrogen and oxygen atoms in total. The summed E-state index contributed by atoms with van der Waals surface area (Å²) >= 11 is 3.43. The first kappa shape index (κ1) is 21.4. The van der Waals surface area contributed by atoms with E-state index >= 15 is 0 Å². The minimum Gasteiger partial charge on any atom is -0.490 e. The van der Waals surface area contributed by atoms with E-state index in [0.29, 0.717) is 18.3 Å². The van der Waals surface area contributed by atoms with Gasteiger partial charge < -0.3 is 4.74 Å². The Morgan fingerprint density at radius 3 is 2.67 bits per heavy atom. The largest absolute Gasteiger partial charge is 0.490 e. The van der Waals surface area contributed by atoms with Gasteiger partial charge in [-0.05, 0) is 56.2 Å². The SMILES string of the molecule is CC.CC(NNCCCCCBr)c1ccc(F)c(OCC2CC2)c1. The van der Waals surface area contributed by atoms with Crippen LogP contribution in [0.2, 0.25) is 0 Å². The summed E-state index contributed by atoms with van der Waals surface area (Å²) in [6, 6.07) is 5.22. The van der Waals surface area contributed by atoms with Crippen LogP contribution in [0.1, 0.15) is 64.5 Å². The molecule has 5 heteroatoms. The highest BCUT2D eigenvalue weighted by Crippen LogP contribution is 2.30. The number of nitrogens with one attached hydrogen (secondary N) is 2. The molecule has 138 valence electrons. The summed E-state index contributed by atoms with van der Waals surface area (Å²) < 4.78 is 19.4. The maximum atomic E-state index is 13.8. The maximum absolute atomic E-state index is 13.8. The minimum atomic E-state index is -0.278. The average Bonchev–Trinajstić information content (AvgIpc) is 3.43. The van der Waals surface area contributed by atoms with Gasteiger partial charge in [0, 0.05) is 17.9 Å². The summed E-state index contributed by atoms with van der Waals surface area (Å²) in [6.07, 6.45) is 5.97. The number of benzene rings is 1. The first-order valence-corrected chi connectivity index (χ1v) is 10.3. The molecule has 0 aromatic heterocycles. The zero-order valence-corrected chi connectivity index (χ0v) is 16.8. The van der Waals surface area contributed by atoms with Crippen molar-refractivity contribution < 1.29 is 9.13 Å². The van der Waals surface area contributed by atoms with Crippen molar-refractivity contribution in [3.8, 4) is 5.75 Å². The number of ether oxygens (including phenoxy) is 1. The van der Waals surface area contributed by atoms with Crippen molar-refractivity contribution in [2.24, 2.45) is 5.92 Å². The molecular weight excluding hydrogens is 371 g/mol. The molecule has 2 N–H and O–H groups in total. The zero-order valence-electron chi connectivity index (χ0n) is 15.2. The van der Waals surface area contributed by atoms with E-state index in [-0.39, 0.29) is 11.9 Å². The molecule has 0 heterocycles. The second kappa shape index (κ2) is 12.7. The number of hydrogen-bond acceptors (Lipinski definition) is 3. The van der Waals surface area contributed by atoms with E-state index in [4.69, 9.17) is 4.74 Å². The molecule has 2 rings (SSSR count). The molecule has 0 saturated heterocycles. The van der Waals surface area contributed by atoms with Gasteiger partial charge in [-0.15, -0.1) is 0 Å². The van der Waals surface area contributed by atoms with Crippen LogP contribution in [0.4, 0.5) is 4.39 Å². The number of hydrogen-bond donors (Lipinski definition) is 2. The molecule has 1 atom stereocenters. The lowest BCUT2D eigenvalue weighted by Crippen LogP contribution is -2.34. The Morgan fingerprint density at radius 1 is 1.25 bits per heavy atom. The number of halogens is 2. The number of rotatable bonds is 11. The predicted octanol–water partition coefficient (Wildman–Crippen LogP) is 5.36. The van der Waals surface area contributed by atoms with Crippen LogP contribution in [0.3, 0.4) is 0 Å². The summed E-state index contributed by atoms with van der Waals surface area (Å²) in [4.78, 5) is 0. The molecule has 1 aliphatic rings. The van der Waals surface area contributed by atoms with Gasteiger partial charge in [0.1, 0.15) is 0 Å². The fourth-order valence-electron chi connectivity index (χ4n) is 2.19. The van der Waals surface area contributed by atoms with Crippen LogP contribution in [0, 0.1) is 11.7 Å². The highest BCUT2D eigenvalue weighted by atomic mass is 79.9. The minimum absolute atomic E-state index is 0.111. The standard InChI is InChI=1S/C17H26BrFN2O.C2H6/c1-13(21-20-10-4-2-3-9-18)15-7-8-16(19)17(11-15)22-12-14-5-6-14;1-2/h7-8,11,13-14,20-21H,2-6,9-10,12H2,1H3;1-2H3. The Labute approximate surface area is 154 Å². The van der Waals surface area contributed by atoms with E-state index in [9.17, 15) is 4.39 Å². The van der Waals surface area contributed by atoms with E-state index in [1.165, 1.54) is 31.7 Å². The number of unbranched alkanes of at least 4 members (excludes halogenated alkanes) is 2. The second-order valence-electron chi connectivity index (χ2n) is 5.99. The van der Waals surface area contributed by atoms with E-state index in [1.807, 2.05) is 26.0 Å². The van der Waals surface area contributed by atoms with Gasteiger partial charge >= 0.3 is 0 Å². The maximum Gasteiger partial charge on any atom is 0.165 e. The highest BCUT2D eigenvalue weighted by Gasteiger charge is 2.22. The van der Waals surface area contributed by atoms with Crippen molar-refractivity contribution in [3.05, 3.63) is 29.6 Å². The Balaban J connectivity index is 0.00000139. The summed E-state index contributed by atoms with van der Waals surface area (Å²) in [6.45, 7) is 7.63. The lowest BCUT2D eigenvalue weighted by molar-refractivity contribution is 0.284. The molecule has 0 bridgehead atoms. The normalized spacial score (nSPS) is 14.7. The van der Waals surface area contributed by atoms with Gasteiger partial charge in [-0.3, -0.25) is 10.9 Å². The fraction of sp³-hybridized carbons (Fsp3) is 0.684. The Hall–Kier alpha value is -0.650. The number of alkyl halides is 1. The molecule has 0 aliphatic heterocycles. The van der Waals surface area contributed by atoms with Crippen LogP contribution in [0.5, 0.6) is 5.75 Å². The molecule has 1 aliphatic carbocycles. The first-order valence-electron chi connectivity index (χ1n) is 9.17. The third-order valence-electron chi connectivity index (χ3n) is 3.88. The van der Waals surface area contributed by atoms with Gasteiger partial charge in [0.2, 0.25) is 0 Å². The Bertz CT molecular complexity index is 455. The lowest BCUT2D eigenvalue weighted by Gasteiger charge is -2.17. The van der Waals surface area contributed by atoms with E-state index < -0.39 is 0 Å². The van der Waals surface area contributed by atoms with Gasteiger partial charge in [0.15, 0.2) is 11.6 Å². The molecule has 0 radical (unpaired) electrons. The van der Waals surface area contributed by atoms with Crippen LogP contribution >= 0.6 is 15.9 Å². The molecule has 1 unspecified atom stereocenters. The van der Waals surface area contributed by atoms with Gasteiger partial charge in [-0.25, -0.2) is 4.39 Å². The molecule has 1 fully saturated rings. The van der Waals surface area contributed by atoms with Crippen molar-refractivity contribution >= 4 is 15.9 Å². The van der Waals surface area contributed by atoms with Crippen molar-refractivity contribution in [1.29, 1.82) is 0 Å². The third kappa shape index (κ3) is 8.45. The van der Waals surface area contributed by atoms with Crippen molar-refractivity contribution in [2.45, 2.75) is 58.9 Å². The predicted molar refractivity (Wildman–Crippen MR) is 103 cm³/mol. The van der Waals surface area contributed by atoms with Gasteiger partial charge in [-0.1, -0.05) is 42.3 Å². The van der Waals surface area contributed by atoms with Crippen LogP contribution in [0.15, 0.2) is 18.2 Å². The summed E-state index contributed by atoms with van der Waals surface area (Å²) in [5, 5.41) is 1.07. The first-order chi connectivity index (χ1) is 11.7. The topological polar surface area (TPSA) is 33.3 Å². The monoisotopic (exact) mass is 402 g/mol. The average molecular weight is 403 g/mol. The molecule has 1 aromatic carbocycles. The van der Waals surface area contributed by atoms with E-state index in [2.05, 4.69) is 33.7 Å². The summed E-state index contributed by atoms with van der Waals surface area (Å²) in [7, 11) is 0. The third-order valence-corrected chi connectivity index (χ3v) is 4.44. The summed E-state index contributed by atoms with van der Waals surface area (Å²) in [5.41, 5.74) is 7.52. The Morgan fingerprint density at radius 2 is 2.00 bits per heavy atom. The second-order valence-corrected chi connectivity index (χ2v) is 6.78. The lowest BCUT2D eigenvalue weighted by atomic mass is 10.1. The molecule has 1 saturated carbocycles. The molecule has 0 amide bonds. The van der Waals surface area contributed by atoms with Crippen molar-refractivity contribution in [2.75, 3.05) is 18.5 Å². The zero-order chi connectivity index (χ0) is 17.8. The number of hydrazine groups is 1. The van der Waals surface area contributed by atoms with E-state index in [1.54, 1.807) is 0 Å². The highest BCUT2D eigenvalue weighted by molar-refractivity contribution is 9.09. The van der Waals surface area contributed by atoms with Gasteiger partial charge in [0.25, 0.3) is 0 Å². The van der Waals surface area contributed by atoms with Gasteiger partial charge in [0.05, 0.1) is 6.61 Å². The molecule has 1 aromatic rings. The van der Waals surface area contributed by atoms with Crippen molar-refractivity contribution in [1.82, 2.24) is 10.9 Å². The fourth-order valence-corrected chi connectivity index (χ4v) is 2.58. The van der Waals surface area contributed by atoms with Gasteiger partial charge in [-0.2, -0.15) is 0 Å².